The summed E-state index contributed by atoms with van der Waals surface area (Å²) in [4.78, 5) is 27.9. The summed E-state index contributed by atoms with van der Waals surface area (Å²) in [5.41, 5.74) is 1.57. The van der Waals surface area contributed by atoms with Crippen LogP contribution in [0.5, 0.6) is 5.75 Å². The minimum absolute atomic E-state index is 0.140. The second-order valence-corrected chi connectivity index (χ2v) is 6.69. The summed E-state index contributed by atoms with van der Waals surface area (Å²) < 4.78 is 5.21. The molecular weight excluding hydrogens is 386 g/mol. The van der Waals surface area contributed by atoms with Gasteiger partial charge in [0.2, 0.25) is 11.6 Å². The molecule has 0 amide bonds. The Kier molecular flexibility index (Phi) is 5.55. The average molecular weight is 407 g/mol. The van der Waals surface area contributed by atoms with E-state index in [1.807, 2.05) is 29.2 Å². The fourth-order valence-corrected chi connectivity index (χ4v) is 3.40. The largest absolute Gasteiger partial charge is 0.497 e. The van der Waals surface area contributed by atoms with Crippen molar-refractivity contribution >= 4 is 28.7 Å². The summed E-state index contributed by atoms with van der Waals surface area (Å²) >= 11 is 0. The molecule has 0 aliphatic carbocycles. The van der Waals surface area contributed by atoms with Crippen LogP contribution >= 0.6 is 0 Å². The van der Waals surface area contributed by atoms with Crippen LogP contribution in [0, 0.1) is 10.1 Å². The van der Waals surface area contributed by atoms with E-state index in [9.17, 15) is 10.1 Å². The Bertz CT molecular complexity index is 1010. The standard InChI is InChI=1S/C20H21N7O3/c1-30-17-6-4-16(5-7-17)25-9-11-26(12-10-25)20-18(27(28)29)19(22-14-23-20)24-15-3-2-8-21-13-15/h2-8,13-14H,9-12H2,1H3,(H,22,23,24). The lowest BCUT2D eigenvalue weighted by atomic mass is 10.2. The Balaban J connectivity index is 1.52. The second kappa shape index (κ2) is 8.60. The summed E-state index contributed by atoms with van der Waals surface area (Å²) in [7, 11) is 1.64. The first kappa shape index (κ1) is 19.4. The van der Waals surface area contributed by atoms with Crippen molar-refractivity contribution in [3.8, 4) is 5.75 Å². The van der Waals surface area contributed by atoms with Gasteiger partial charge in [0, 0.05) is 38.1 Å². The molecule has 2 aromatic heterocycles. The van der Waals surface area contributed by atoms with Crippen molar-refractivity contribution in [1.29, 1.82) is 0 Å². The van der Waals surface area contributed by atoms with Crippen LogP contribution < -0.4 is 19.9 Å². The highest BCUT2D eigenvalue weighted by Gasteiger charge is 2.29. The molecule has 3 aromatic rings. The van der Waals surface area contributed by atoms with E-state index < -0.39 is 4.92 Å². The Morgan fingerprint density at radius 2 is 1.80 bits per heavy atom. The van der Waals surface area contributed by atoms with Crippen molar-refractivity contribution in [3.63, 3.8) is 0 Å². The first-order valence-electron chi connectivity index (χ1n) is 9.46. The molecule has 10 nitrogen and oxygen atoms in total. The molecule has 0 bridgehead atoms. The first-order chi connectivity index (χ1) is 14.7. The van der Waals surface area contributed by atoms with E-state index in [1.165, 1.54) is 6.33 Å². The number of methoxy groups -OCH3 is 1. The quantitative estimate of drug-likeness (QED) is 0.487. The lowest BCUT2D eigenvalue weighted by Gasteiger charge is -2.36. The number of ether oxygens (including phenoxy) is 1. The van der Waals surface area contributed by atoms with Crippen LogP contribution in [0.2, 0.25) is 0 Å². The van der Waals surface area contributed by atoms with Crippen LogP contribution in [0.4, 0.5) is 28.7 Å². The van der Waals surface area contributed by atoms with Crippen molar-refractivity contribution < 1.29 is 9.66 Å². The van der Waals surface area contributed by atoms with E-state index >= 15 is 0 Å². The number of nitro groups is 1. The molecule has 0 radical (unpaired) electrons. The minimum Gasteiger partial charge on any atom is -0.497 e. The van der Waals surface area contributed by atoms with Gasteiger partial charge in [-0.15, -0.1) is 0 Å². The lowest BCUT2D eigenvalue weighted by Crippen LogP contribution is -2.47. The molecular formula is C20H21N7O3. The minimum atomic E-state index is -0.441. The number of nitrogens with one attached hydrogen (secondary N) is 1. The normalized spacial score (nSPS) is 13.8. The Hall–Kier alpha value is -3.95. The summed E-state index contributed by atoms with van der Waals surface area (Å²) in [5, 5.41) is 14.8. The molecule has 154 valence electrons. The third kappa shape index (κ3) is 4.07. The van der Waals surface area contributed by atoms with Crippen LogP contribution in [-0.2, 0) is 0 Å². The molecule has 1 aliphatic rings. The Morgan fingerprint density at radius 1 is 1.07 bits per heavy atom. The van der Waals surface area contributed by atoms with Crippen molar-refractivity contribution in [2.24, 2.45) is 0 Å². The second-order valence-electron chi connectivity index (χ2n) is 6.69. The van der Waals surface area contributed by atoms with Crippen LogP contribution in [0.15, 0.2) is 55.1 Å². The van der Waals surface area contributed by atoms with Gasteiger partial charge in [0.25, 0.3) is 0 Å². The molecule has 0 unspecified atom stereocenters. The highest BCUT2D eigenvalue weighted by Crippen LogP contribution is 2.34. The predicted octanol–water partition coefficient (Wildman–Crippen LogP) is 2.86. The maximum absolute atomic E-state index is 11.8. The van der Waals surface area contributed by atoms with Gasteiger partial charge in [-0.25, -0.2) is 9.97 Å². The van der Waals surface area contributed by atoms with E-state index in [4.69, 9.17) is 4.74 Å². The zero-order valence-corrected chi connectivity index (χ0v) is 16.4. The summed E-state index contributed by atoms with van der Waals surface area (Å²) in [5.74, 6) is 1.27. The zero-order chi connectivity index (χ0) is 20.9. The molecule has 4 rings (SSSR count). The Labute approximate surface area is 173 Å². The number of nitrogens with zero attached hydrogens (tertiary/aromatic N) is 6. The fraction of sp³-hybridized carbons (Fsp3) is 0.250. The van der Waals surface area contributed by atoms with Gasteiger partial charge in [0.1, 0.15) is 12.1 Å². The third-order valence-corrected chi connectivity index (χ3v) is 4.93. The number of hydrogen-bond donors (Lipinski definition) is 1. The SMILES string of the molecule is COc1ccc(N2CCN(c3ncnc(Nc4cccnc4)c3[N+](=O)[O-])CC2)cc1. The number of piperazine rings is 1. The number of hydrogen-bond acceptors (Lipinski definition) is 9. The molecule has 1 aromatic carbocycles. The molecule has 30 heavy (non-hydrogen) atoms. The molecule has 10 heteroatoms. The monoisotopic (exact) mass is 407 g/mol. The third-order valence-electron chi connectivity index (χ3n) is 4.93. The molecule has 1 aliphatic heterocycles. The molecule has 1 fully saturated rings. The highest BCUT2D eigenvalue weighted by molar-refractivity contribution is 5.74. The van der Waals surface area contributed by atoms with Crippen molar-refractivity contribution in [1.82, 2.24) is 15.0 Å². The van der Waals surface area contributed by atoms with Gasteiger partial charge in [-0.2, -0.15) is 0 Å². The van der Waals surface area contributed by atoms with Crippen molar-refractivity contribution in [2.75, 3.05) is 48.4 Å². The van der Waals surface area contributed by atoms with E-state index in [-0.39, 0.29) is 11.5 Å². The number of pyridine rings is 1. The number of benzene rings is 1. The molecule has 0 spiro atoms. The van der Waals surface area contributed by atoms with Crippen LogP contribution in [0.1, 0.15) is 0 Å². The predicted molar refractivity (Wildman–Crippen MR) is 114 cm³/mol. The van der Waals surface area contributed by atoms with E-state index in [0.29, 0.717) is 24.6 Å². The van der Waals surface area contributed by atoms with Crippen LogP contribution in [0.3, 0.4) is 0 Å². The molecule has 3 heterocycles. The average Bonchev–Trinajstić information content (AvgIpc) is 2.79. The van der Waals surface area contributed by atoms with Gasteiger partial charge in [-0.1, -0.05) is 0 Å². The van der Waals surface area contributed by atoms with Gasteiger partial charge in [-0.3, -0.25) is 15.1 Å². The first-order valence-corrected chi connectivity index (χ1v) is 9.46. The summed E-state index contributed by atoms with van der Waals surface area (Å²) in [6, 6.07) is 11.4. The molecule has 1 saturated heterocycles. The van der Waals surface area contributed by atoms with Crippen LogP contribution in [-0.4, -0.2) is 53.2 Å². The molecule has 0 atom stereocenters. The smallest absolute Gasteiger partial charge is 0.353 e. The van der Waals surface area contributed by atoms with Crippen molar-refractivity contribution in [3.05, 3.63) is 65.2 Å². The van der Waals surface area contributed by atoms with Crippen molar-refractivity contribution in [2.45, 2.75) is 0 Å². The number of rotatable bonds is 6. The van der Waals surface area contributed by atoms with Gasteiger partial charge in [0.15, 0.2) is 0 Å². The zero-order valence-electron chi connectivity index (χ0n) is 16.4. The molecule has 0 saturated carbocycles. The molecule has 1 N–H and O–H groups in total. The van der Waals surface area contributed by atoms with Gasteiger partial charge >= 0.3 is 5.69 Å². The topological polar surface area (TPSA) is 110 Å². The maximum atomic E-state index is 11.8. The Morgan fingerprint density at radius 3 is 2.43 bits per heavy atom. The highest BCUT2D eigenvalue weighted by atomic mass is 16.6. The maximum Gasteiger partial charge on any atom is 0.353 e. The number of aromatic nitrogens is 3. The summed E-state index contributed by atoms with van der Waals surface area (Å²) in [6.07, 6.45) is 4.56. The van der Waals surface area contributed by atoms with Crippen LogP contribution in [0.25, 0.3) is 0 Å². The number of anilines is 4. The van der Waals surface area contributed by atoms with E-state index in [0.717, 1.165) is 24.5 Å². The van der Waals surface area contributed by atoms with Gasteiger partial charge < -0.3 is 19.9 Å². The van der Waals surface area contributed by atoms with Gasteiger partial charge in [0.05, 0.1) is 23.9 Å². The van der Waals surface area contributed by atoms with Gasteiger partial charge in [-0.05, 0) is 36.4 Å². The van der Waals surface area contributed by atoms with E-state index in [2.05, 4.69) is 25.2 Å². The lowest BCUT2D eigenvalue weighted by molar-refractivity contribution is -0.383. The van der Waals surface area contributed by atoms with E-state index in [1.54, 1.807) is 31.6 Å². The fourth-order valence-electron chi connectivity index (χ4n) is 3.40. The summed E-state index contributed by atoms with van der Waals surface area (Å²) in [6.45, 7) is 2.66.